The second-order valence-electron chi connectivity index (χ2n) is 6.33. The topological polar surface area (TPSA) is 100 Å². The molecular weight excluding hydrogens is 476 g/mol. The van der Waals surface area contributed by atoms with Crippen LogP contribution in [0.1, 0.15) is 32.5 Å². The van der Waals surface area contributed by atoms with Gasteiger partial charge < -0.3 is 20.4 Å². The molecule has 0 fully saturated rings. The van der Waals surface area contributed by atoms with E-state index in [1.165, 1.54) is 37.4 Å². The van der Waals surface area contributed by atoms with Crippen LogP contribution in [-0.2, 0) is 4.79 Å². The second-order valence-corrected chi connectivity index (χ2v) is 7.11. The molecule has 3 aromatic rings. The van der Waals surface area contributed by atoms with Crippen molar-refractivity contribution in [3.05, 3.63) is 87.8 Å². The van der Waals surface area contributed by atoms with E-state index in [1.807, 2.05) is 0 Å². The number of likely N-dealkylation sites (N-methyl/N-ethyl adjacent to an activating group) is 1. The predicted molar refractivity (Wildman–Crippen MR) is 111 cm³/mol. The first kappa shape index (κ1) is 22.2. The maximum absolute atomic E-state index is 13.6. The number of amides is 3. The fraction of sp³-hybridized carbons (Fsp3) is 0.0952. The van der Waals surface area contributed by atoms with E-state index in [1.54, 1.807) is 12.1 Å². The van der Waals surface area contributed by atoms with Crippen molar-refractivity contribution in [3.63, 3.8) is 0 Å². The molecule has 0 bridgehead atoms. The predicted octanol–water partition coefficient (Wildman–Crippen LogP) is 3.79. The van der Waals surface area contributed by atoms with Crippen molar-refractivity contribution in [2.45, 2.75) is 6.04 Å². The van der Waals surface area contributed by atoms with Gasteiger partial charge in [0.2, 0.25) is 5.91 Å². The van der Waals surface area contributed by atoms with Gasteiger partial charge >= 0.3 is 0 Å². The van der Waals surface area contributed by atoms with Gasteiger partial charge in [0.05, 0.1) is 0 Å². The van der Waals surface area contributed by atoms with Crippen molar-refractivity contribution in [2.24, 2.45) is 0 Å². The molecular formula is C21H16BrF2N3O4. The maximum Gasteiger partial charge on any atom is 0.291 e. The Morgan fingerprint density at radius 3 is 2.39 bits per heavy atom. The molecule has 0 aliphatic heterocycles. The first-order chi connectivity index (χ1) is 14.8. The zero-order chi connectivity index (χ0) is 22.5. The lowest BCUT2D eigenvalue weighted by Crippen LogP contribution is -2.39. The van der Waals surface area contributed by atoms with Gasteiger partial charge in [0.25, 0.3) is 11.8 Å². The smallest absolute Gasteiger partial charge is 0.291 e. The molecule has 0 radical (unpaired) electrons. The zero-order valence-electron chi connectivity index (χ0n) is 16.0. The van der Waals surface area contributed by atoms with E-state index >= 15 is 0 Å². The quantitative estimate of drug-likeness (QED) is 0.488. The standard InChI is InChI=1S/C21H16BrF2N3O4/c1-25-21(30)18(11-5-6-14(23)15(24)10-11)27-19(28)12-3-2-4-13(9-12)26-20(29)16-7-8-17(22)31-16/h2-10,18H,1H3,(H,25,30)(H,26,29)(H,27,28). The Kier molecular flexibility index (Phi) is 6.81. The Morgan fingerprint density at radius 2 is 1.74 bits per heavy atom. The van der Waals surface area contributed by atoms with E-state index in [2.05, 4.69) is 31.9 Å². The first-order valence-corrected chi connectivity index (χ1v) is 9.72. The highest BCUT2D eigenvalue weighted by molar-refractivity contribution is 9.10. The highest BCUT2D eigenvalue weighted by Crippen LogP contribution is 2.20. The van der Waals surface area contributed by atoms with Crippen LogP contribution < -0.4 is 16.0 Å². The van der Waals surface area contributed by atoms with Gasteiger partial charge in [-0.2, -0.15) is 0 Å². The number of nitrogens with one attached hydrogen (secondary N) is 3. The highest BCUT2D eigenvalue weighted by atomic mass is 79.9. The number of anilines is 1. The van der Waals surface area contributed by atoms with Gasteiger partial charge in [-0.3, -0.25) is 14.4 Å². The molecule has 0 saturated carbocycles. The summed E-state index contributed by atoms with van der Waals surface area (Å²) in [6.45, 7) is 0. The molecule has 0 aliphatic rings. The molecule has 1 atom stereocenters. The van der Waals surface area contributed by atoms with Gasteiger partial charge in [-0.1, -0.05) is 12.1 Å². The van der Waals surface area contributed by atoms with Gasteiger partial charge in [0.15, 0.2) is 22.1 Å². The maximum atomic E-state index is 13.6. The molecule has 160 valence electrons. The second kappa shape index (κ2) is 9.52. The lowest BCUT2D eigenvalue weighted by atomic mass is 10.0. The lowest BCUT2D eigenvalue weighted by molar-refractivity contribution is -0.122. The van der Waals surface area contributed by atoms with Gasteiger partial charge in [0, 0.05) is 18.3 Å². The third-order valence-electron chi connectivity index (χ3n) is 4.24. The summed E-state index contributed by atoms with van der Waals surface area (Å²) in [5, 5.41) is 7.45. The summed E-state index contributed by atoms with van der Waals surface area (Å²) in [7, 11) is 1.35. The summed E-state index contributed by atoms with van der Waals surface area (Å²) >= 11 is 3.11. The number of furan rings is 1. The van der Waals surface area contributed by atoms with E-state index in [4.69, 9.17) is 4.42 Å². The largest absolute Gasteiger partial charge is 0.444 e. The number of hydrogen-bond acceptors (Lipinski definition) is 4. The lowest BCUT2D eigenvalue weighted by Gasteiger charge is -2.18. The van der Waals surface area contributed by atoms with E-state index in [0.717, 1.165) is 12.1 Å². The molecule has 0 spiro atoms. The number of benzene rings is 2. The number of halogens is 3. The molecule has 1 heterocycles. The average molecular weight is 492 g/mol. The molecule has 31 heavy (non-hydrogen) atoms. The molecule has 1 unspecified atom stereocenters. The molecule has 0 saturated heterocycles. The van der Waals surface area contributed by atoms with Gasteiger partial charge in [-0.15, -0.1) is 0 Å². The molecule has 1 aromatic heterocycles. The van der Waals surface area contributed by atoms with Crippen molar-refractivity contribution in [1.82, 2.24) is 10.6 Å². The van der Waals surface area contributed by atoms with E-state index < -0.39 is 35.4 Å². The van der Waals surface area contributed by atoms with Crippen LogP contribution in [0, 0.1) is 11.6 Å². The molecule has 10 heteroatoms. The molecule has 3 N–H and O–H groups in total. The summed E-state index contributed by atoms with van der Waals surface area (Å²) in [5.41, 5.74) is 0.517. The molecule has 7 nitrogen and oxygen atoms in total. The Balaban J connectivity index is 1.79. The van der Waals surface area contributed by atoms with Crippen LogP contribution in [0.15, 0.2) is 63.7 Å². The minimum absolute atomic E-state index is 0.0689. The Hall–Kier alpha value is -3.53. The third-order valence-corrected chi connectivity index (χ3v) is 4.67. The Labute approximate surface area is 183 Å². The normalized spacial score (nSPS) is 11.5. The minimum atomic E-state index is -1.26. The van der Waals surface area contributed by atoms with E-state index in [9.17, 15) is 23.2 Å². The number of carbonyl (C=O) groups is 3. The van der Waals surface area contributed by atoms with Crippen molar-refractivity contribution in [1.29, 1.82) is 0 Å². The summed E-state index contributed by atoms with van der Waals surface area (Å²) < 4.78 is 32.4. The number of carbonyl (C=O) groups excluding carboxylic acids is 3. The van der Waals surface area contributed by atoms with Crippen molar-refractivity contribution in [3.8, 4) is 0 Å². The van der Waals surface area contributed by atoms with Crippen LogP contribution in [0.4, 0.5) is 14.5 Å². The molecule has 2 aromatic carbocycles. The van der Waals surface area contributed by atoms with Crippen LogP contribution in [-0.4, -0.2) is 24.8 Å². The first-order valence-electron chi connectivity index (χ1n) is 8.92. The summed E-state index contributed by atoms with van der Waals surface area (Å²) in [5.74, 6) is -3.94. The van der Waals surface area contributed by atoms with Crippen LogP contribution >= 0.6 is 15.9 Å². The Morgan fingerprint density at radius 1 is 0.968 bits per heavy atom. The van der Waals surface area contributed by atoms with Crippen LogP contribution in [0.3, 0.4) is 0 Å². The SMILES string of the molecule is CNC(=O)C(NC(=O)c1cccc(NC(=O)c2ccc(Br)o2)c1)c1ccc(F)c(F)c1. The van der Waals surface area contributed by atoms with Crippen molar-refractivity contribution < 1.29 is 27.6 Å². The van der Waals surface area contributed by atoms with Gasteiger partial charge in [-0.05, 0) is 64.0 Å². The van der Waals surface area contributed by atoms with Crippen LogP contribution in [0.5, 0.6) is 0 Å². The summed E-state index contributed by atoms with van der Waals surface area (Å²) in [6, 6.07) is 10.7. The Bertz CT molecular complexity index is 1150. The molecule has 3 amide bonds. The fourth-order valence-corrected chi connectivity index (χ4v) is 3.02. The molecule has 0 aliphatic carbocycles. The zero-order valence-corrected chi connectivity index (χ0v) is 17.6. The van der Waals surface area contributed by atoms with Crippen LogP contribution in [0.2, 0.25) is 0 Å². The number of rotatable bonds is 6. The van der Waals surface area contributed by atoms with Crippen molar-refractivity contribution in [2.75, 3.05) is 12.4 Å². The number of hydrogen-bond donors (Lipinski definition) is 3. The fourth-order valence-electron chi connectivity index (χ4n) is 2.72. The van der Waals surface area contributed by atoms with Crippen molar-refractivity contribution >= 4 is 39.3 Å². The monoisotopic (exact) mass is 491 g/mol. The van der Waals surface area contributed by atoms with E-state index in [0.29, 0.717) is 10.4 Å². The van der Waals surface area contributed by atoms with Gasteiger partial charge in [0.1, 0.15) is 6.04 Å². The van der Waals surface area contributed by atoms with E-state index in [-0.39, 0.29) is 16.9 Å². The minimum Gasteiger partial charge on any atom is -0.444 e. The average Bonchev–Trinajstić information content (AvgIpc) is 3.20. The third kappa shape index (κ3) is 5.34. The summed E-state index contributed by atoms with van der Waals surface area (Å²) in [4.78, 5) is 37.2. The van der Waals surface area contributed by atoms with Gasteiger partial charge in [-0.25, -0.2) is 8.78 Å². The van der Waals surface area contributed by atoms with Crippen LogP contribution in [0.25, 0.3) is 0 Å². The summed E-state index contributed by atoms with van der Waals surface area (Å²) in [6.07, 6.45) is 0. The molecule has 3 rings (SSSR count). The highest BCUT2D eigenvalue weighted by Gasteiger charge is 2.24.